The third-order valence-corrected chi connectivity index (χ3v) is 3.96. The fourth-order valence-corrected chi connectivity index (χ4v) is 2.43. The lowest BCUT2D eigenvalue weighted by atomic mass is 9.69. The number of carbonyl (C=O) groups is 1. The van der Waals surface area contributed by atoms with Gasteiger partial charge in [0.15, 0.2) is 11.5 Å². The Morgan fingerprint density at radius 2 is 2.05 bits per heavy atom. The number of aromatic hydroxyl groups is 2. The molecule has 3 N–H and O–H groups in total. The van der Waals surface area contributed by atoms with E-state index in [-0.39, 0.29) is 28.9 Å². The lowest BCUT2D eigenvalue weighted by Crippen LogP contribution is -2.47. The molecule has 1 atom stereocenters. The minimum absolute atomic E-state index is 0.00821. The summed E-state index contributed by atoms with van der Waals surface area (Å²) in [6, 6.07) is 4.76. The number of carbonyl (C=O) groups excluding carboxylic acids is 1. The Kier molecular flexibility index (Phi) is 3.69. The van der Waals surface area contributed by atoms with Crippen molar-refractivity contribution in [2.45, 2.75) is 45.6 Å². The van der Waals surface area contributed by atoms with Gasteiger partial charge in [-0.2, -0.15) is 0 Å². The van der Waals surface area contributed by atoms with Crippen LogP contribution in [0.4, 0.5) is 0 Å². The Bertz CT molecular complexity index is 480. The van der Waals surface area contributed by atoms with Crippen LogP contribution in [-0.4, -0.2) is 22.2 Å². The molecular formula is C15H21NO3. The summed E-state index contributed by atoms with van der Waals surface area (Å²) in [6.45, 7) is 3.95. The molecule has 0 saturated heterocycles. The zero-order valence-electron chi connectivity index (χ0n) is 11.4. The average Bonchev–Trinajstić information content (AvgIpc) is 2.30. The van der Waals surface area contributed by atoms with Crippen LogP contribution in [0.2, 0.25) is 0 Å². The Hall–Kier alpha value is -1.71. The zero-order chi connectivity index (χ0) is 14.0. The summed E-state index contributed by atoms with van der Waals surface area (Å²) in [4.78, 5) is 12.1. The number of hydrogen-bond donors (Lipinski definition) is 3. The van der Waals surface area contributed by atoms with E-state index in [0.717, 1.165) is 24.8 Å². The first-order chi connectivity index (χ1) is 8.90. The summed E-state index contributed by atoms with van der Waals surface area (Å²) >= 11 is 0. The van der Waals surface area contributed by atoms with E-state index in [9.17, 15) is 15.0 Å². The number of rotatable bonds is 4. The van der Waals surface area contributed by atoms with Crippen LogP contribution >= 0.6 is 0 Å². The van der Waals surface area contributed by atoms with Gasteiger partial charge in [-0.15, -0.1) is 0 Å². The fourth-order valence-electron chi connectivity index (χ4n) is 2.43. The quantitative estimate of drug-likeness (QED) is 0.730. The molecule has 0 aliphatic heterocycles. The molecule has 1 aromatic rings. The third kappa shape index (κ3) is 3.00. The maximum atomic E-state index is 12.1. The second-order valence-electron chi connectivity index (χ2n) is 5.82. The van der Waals surface area contributed by atoms with E-state index in [4.69, 9.17) is 0 Å². The van der Waals surface area contributed by atoms with Crippen molar-refractivity contribution in [1.82, 2.24) is 5.32 Å². The van der Waals surface area contributed by atoms with Crippen molar-refractivity contribution in [3.05, 3.63) is 23.8 Å². The Morgan fingerprint density at radius 1 is 1.37 bits per heavy atom. The molecule has 1 fully saturated rings. The van der Waals surface area contributed by atoms with Gasteiger partial charge in [0.1, 0.15) is 0 Å². The van der Waals surface area contributed by atoms with Crippen LogP contribution in [-0.2, 0) is 11.2 Å². The summed E-state index contributed by atoms with van der Waals surface area (Å²) in [7, 11) is 0. The molecule has 104 valence electrons. The van der Waals surface area contributed by atoms with Crippen LogP contribution < -0.4 is 5.32 Å². The zero-order valence-corrected chi connectivity index (χ0v) is 11.4. The first-order valence-corrected chi connectivity index (χ1v) is 6.72. The van der Waals surface area contributed by atoms with Crippen molar-refractivity contribution < 1.29 is 15.0 Å². The molecule has 0 heterocycles. The van der Waals surface area contributed by atoms with Gasteiger partial charge in [-0.25, -0.2) is 0 Å². The molecule has 0 radical (unpaired) electrons. The molecule has 0 aromatic heterocycles. The Labute approximate surface area is 113 Å². The number of hydrogen-bond acceptors (Lipinski definition) is 3. The normalized spacial score (nSPS) is 18.4. The molecule has 1 aromatic carbocycles. The predicted molar refractivity (Wildman–Crippen MR) is 73.0 cm³/mol. The molecule has 0 unspecified atom stereocenters. The molecule has 4 heteroatoms. The van der Waals surface area contributed by atoms with Gasteiger partial charge in [0.25, 0.3) is 0 Å². The predicted octanol–water partition coefficient (Wildman–Crippen LogP) is 2.34. The van der Waals surface area contributed by atoms with Gasteiger partial charge >= 0.3 is 0 Å². The molecule has 1 amide bonds. The van der Waals surface area contributed by atoms with E-state index in [1.807, 2.05) is 13.8 Å². The summed E-state index contributed by atoms with van der Waals surface area (Å²) < 4.78 is 0. The Morgan fingerprint density at radius 3 is 2.58 bits per heavy atom. The van der Waals surface area contributed by atoms with Crippen molar-refractivity contribution in [3.63, 3.8) is 0 Å². The van der Waals surface area contributed by atoms with Gasteiger partial charge in [-0.05, 0) is 43.9 Å². The van der Waals surface area contributed by atoms with Crippen LogP contribution in [0.1, 0.15) is 38.7 Å². The largest absolute Gasteiger partial charge is 0.504 e. The number of phenols is 2. The second kappa shape index (κ2) is 5.11. The van der Waals surface area contributed by atoms with Crippen molar-refractivity contribution >= 4 is 5.91 Å². The van der Waals surface area contributed by atoms with Crippen LogP contribution in [0.15, 0.2) is 18.2 Å². The van der Waals surface area contributed by atoms with E-state index in [1.54, 1.807) is 6.07 Å². The molecule has 1 aliphatic carbocycles. The van der Waals surface area contributed by atoms with Crippen molar-refractivity contribution in [2.75, 3.05) is 0 Å². The van der Waals surface area contributed by atoms with Crippen LogP contribution in [0, 0.1) is 5.41 Å². The second-order valence-corrected chi connectivity index (χ2v) is 5.82. The summed E-state index contributed by atoms with van der Waals surface area (Å²) in [6.07, 6.45) is 3.69. The summed E-state index contributed by atoms with van der Waals surface area (Å²) in [5, 5.41) is 21.7. The van der Waals surface area contributed by atoms with E-state index in [1.165, 1.54) is 12.1 Å². The van der Waals surface area contributed by atoms with Gasteiger partial charge < -0.3 is 15.5 Å². The van der Waals surface area contributed by atoms with Gasteiger partial charge in [0, 0.05) is 11.5 Å². The highest BCUT2D eigenvalue weighted by Crippen LogP contribution is 2.40. The van der Waals surface area contributed by atoms with Gasteiger partial charge in [0.2, 0.25) is 5.91 Å². The first-order valence-electron chi connectivity index (χ1n) is 6.72. The number of nitrogens with one attached hydrogen (secondary N) is 1. The molecule has 19 heavy (non-hydrogen) atoms. The van der Waals surface area contributed by atoms with Gasteiger partial charge in [-0.3, -0.25) is 4.79 Å². The van der Waals surface area contributed by atoms with E-state index >= 15 is 0 Å². The van der Waals surface area contributed by atoms with E-state index < -0.39 is 0 Å². The lowest BCUT2D eigenvalue weighted by Gasteiger charge is -2.37. The number of phenolic OH excluding ortho intramolecular Hbond substituents is 2. The molecule has 0 bridgehead atoms. The van der Waals surface area contributed by atoms with Gasteiger partial charge in [0.05, 0.1) is 0 Å². The highest BCUT2D eigenvalue weighted by atomic mass is 16.3. The van der Waals surface area contributed by atoms with Crippen molar-refractivity contribution in [3.8, 4) is 11.5 Å². The van der Waals surface area contributed by atoms with Crippen molar-refractivity contribution in [2.24, 2.45) is 5.41 Å². The highest BCUT2D eigenvalue weighted by molar-refractivity contribution is 5.83. The minimum Gasteiger partial charge on any atom is -0.504 e. The maximum absolute atomic E-state index is 12.1. The molecule has 4 nitrogen and oxygen atoms in total. The van der Waals surface area contributed by atoms with E-state index in [2.05, 4.69) is 5.32 Å². The Balaban J connectivity index is 1.91. The third-order valence-electron chi connectivity index (χ3n) is 3.96. The van der Waals surface area contributed by atoms with E-state index in [0.29, 0.717) is 6.42 Å². The molecule has 2 rings (SSSR count). The summed E-state index contributed by atoms with van der Waals surface area (Å²) in [5.41, 5.74) is 0.701. The number of benzene rings is 1. The topological polar surface area (TPSA) is 69.6 Å². The first kappa shape index (κ1) is 13.7. The number of amides is 1. The highest BCUT2D eigenvalue weighted by Gasteiger charge is 2.39. The molecular weight excluding hydrogens is 242 g/mol. The summed E-state index contributed by atoms with van der Waals surface area (Å²) in [5.74, 6) is -0.126. The van der Waals surface area contributed by atoms with Crippen LogP contribution in [0.25, 0.3) is 0 Å². The standard InChI is InChI=1S/C15H21NO3/c1-10(16-14(19)15(2)6-3-7-15)8-11-4-5-12(17)13(18)9-11/h4-5,9-10,17-18H,3,6-8H2,1-2H3,(H,16,19)/t10-/m1/s1. The van der Waals surface area contributed by atoms with Gasteiger partial charge in [-0.1, -0.05) is 19.4 Å². The monoisotopic (exact) mass is 263 g/mol. The minimum atomic E-state index is -0.189. The molecule has 1 saturated carbocycles. The fraction of sp³-hybridized carbons (Fsp3) is 0.533. The average molecular weight is 263 g/mol. The van der Waals surface area contributed by atoms with Crippen molar-refractivity contribution in [1.29, 1.82) is 0 Å². The maximum Gasteiger partial charge on any atom is 0.226 e. The van der Waals surface area contributed by atoms with Crippen LogP contribution in [0.3, 0.4) is 0 Å². The smallest absolute Gasteiger partial charge is 0.226 e. The van der Waals surface area contributed by atoms with Crippen LogP contribution in [0.5, 0.6) is 11.5 Å². The lowest BCUT2D eigenvalue weighted by molar-refractivity contribution is -0.135. The SMILES string of the molecule is C[C@H](Cc1ccc(O)c(O)c1)NC(=O)C1(C)CCC1. The molecule has 0 spiro atoms. The molecule has 1 aliphatic rings.